The molecule has 0 fully saturated rings. The molecule has 0 bridgehead atoms. The molecule has 21 heavy (non-hydrogen) atoms. The molecule has 3 nitrogen and oxygen atoms in total. The first-order chi connectivity index (χ1) is 10.0. The van der Waals surface area contributed by atoms with Crippen LogP contribution in [0.4, 0.5) is 8.78 Å². The van der Waals surface area contributed by atoms with Crippen LogP contribution in [0.2, 0.25) is 0 Å². The number of aliphatic hydroxyl groups is 1. The summed E-state index contributed by atoms with van der Waals surface area (Å²) in [6.45, 7) is 4.77. The molecule has 2 aromatic rings. The van der Waals surface area contributed by atoms with Crippen LogP contribution in [0.3, 0.4) is 0 Å². The number of aryl methyl sites for hydroxylation is 2. The molecule has 0 saturated heterocycles. The Bertz CT molecular complexity index is 610. The Kier molecular flexibility index (Phi) is 5.07. The van der Waals surface area contributed by atoms with Gasteiger partial charge in [0, 0.05) is 18.7 Å². The highest BCUT2D eigenvalue weighted by Crippen LogP contribution is 2.14. The fourth-order valence-electron chi connectivity index (χ4n) is 2.38. The summed E-state index contributed by atoms with van der Waals surface area (Å²) in [4.78, 5) is 0. The zero-order valence-corrected chi connectivity index (χ0v) is 12.3. The third kappa shape index (κ3) is 3.88. The standard InChI is InChI=1S/C16H20F2N2O/c1-3-12-9-13(20(4-2)19-12)10-14(21)7-11-5-6-15(17)16(18)8-11/h5-6,8-9,14,21H,3-4,7,10H2,1-2H3. The van der Waals surface area contributed by atoms with E-state index >= 15 is 0 Å². The van der Waals surface area contributed by atoms with Gasteiger partial charge in [-0.15, -0.1) is 0 Å². The van der Waals surface area contributed by atoms with Crippen LogP contribution in [-0.4, -0.2) is 21.0 Å². The van der Waals surface area contributed by atoms with E-state index in [0.717, 1.165) is 36.5 Å². The monoisotopic (exact) mass is 294 g/mol. The fourth-order valence-corrected chi connectivity index (χ4v) is 2.38. The van der Waals surface area contributed by atoms with E-state index in [1.807, 2.05) is 24.6 Å². The molecule has 1 heterocycles. The van der Waals surface area contributed by atoms with E-state index in [1.165, 1.54) is 6.07 Å². The first kappa shape index (κ1) is 15.6. The lowest BCUT2D eigenvalue weighted by molar-refractivity contribution is 0.172. The van der Waals surface area contributed by atoms with E-state index in [9.17, 15) is 13.9 Å². The molecule has 0 aliphatic heterocycles. The largest absolute Gasteiger partial charge is 0.392 e. The molecule has 1 unspecified atom stereocenters. The third-order valence-corrected chi connectivity index (χ3v) is 3.48. The minimum Gasteiger partial charge on any atom is -0.392 e. The Hall–Kier alpha value is -1.75. The quantitative estimate of drug-likeness (QED) is 0.889. The summed E-state index contributed by atoms with van der Waals surface area (Å²) in [6, 6.07) is 5.70. The van der Waals surface area contributed by atoms with Crippen molar-refractivity contribution in [1.29, 1.82) is 0 Å². The van der Waals surface area contributed by atoms with Crippen LogP contribution in [0.1, 0.15) is 30.8 Å². The van der Waals surface area contributed by atoms with Crippen molar-refractivity contribution in [2.75, 3.05) is 0 Å². The van der Waals surface area contributed by atoms with E-state index in [0.29, 0.717) is 12.0 Å². The lowest BCUT2D eigenvalue weighted by atomic mass is 10.0. The summed E-state index contributed by atoms with van der Waals surface area (Å²) in [7, 11) is 0. The average Bonchev–Trinajstić information content (AvgIpc) is 2.85. The molecule has 0 saturated carbocycles. The van der Waals surface area contributed by atoms with Crippen molar-refractivity contribution in [2.45, 2.75) is 45.8 Å². The summed E-state index contributed by atoms with van der Waals surface area (Å²) < 4.78 is 27.9. The van der Waals surface area contributed by atoms with Gasteiger partial charge in [0.25, 0.3) is 0 Å². The maximum Gasteiger partial charge on any atom is 0.159 e. The van der Waals surface area contributed by atoms with Gasteiger partial charge in [-0.2, -0.15) is 5.10 Å². The molecular formula is C16H20F2N2O. The topological polar surface area (TPSA) is 38.0 Å². The van der Waals surface area contributed by atoms with Crippen LogP contribution < -0.4 is 0 Å². The second-order valence-corrected chi connectivity index (χ2v) is 5.11. The second kappa shape index (κ2) is 6.80. The van der Waals surface area contributed by atoms with Gasteiger partial charge in [-0.1, -0.05) is 13.0 Å². The maximum atomic E-state index is 13.2. The van der Waals surface area contributed by atoms with Crippen molar-refractivity contribution in [1.82, 2.24) is 9.78 Å². The van der Waals surface area contributed by atoms with E-state index < -0.39 is 17.7 Å². The van der Waals surface area contributed by atoms with Crippen molar-refractivity contribution < 1.29 is 13.9 Å². The van der Waals surface area contributed by atoms with Crippen molar-refractivity contribution in [3.05, 3.63) is 52.9 Å². The highest BCUT2D eigenvalue weighted by Gasteiger charge is 2.13. The second-order valence-electron chi connectivity index (χ2n) is 5.11. The minimum absolute atomic E-state index is 0.285. The van der Waals surface area contributed by atoms with E-state index in [2.05, 4.69) is 5.10 Å². The zero-order chi connectivity index (χ0) is 15.4. The predicted octanol–water partition coefficient (Wildman–Crippen LogP) is 2.89. The van der Waals surface area contributed by atoms with Crippen LogP contribution in [0, 0.1) is 11.6 Å². The van der Waals surface area contributed by atoms with Gasteiger partial charge in [0.1, 0.15) is 0 Å². The summed E-state index contributed by atoms with van der Waals surface area (Å²) >= 11 is 0. The van der Waals surface area contributed by atoms with Crippen LogP contribution in [0.5, 0.6) is 0 Å². The third-order valence-electron chi connectivity index (χ3n) is 3.48. The van der Waals surface area contributed by atoms with Crippen molar-refractivity contribution >= 4 is 0 Å². The summed E-state index contributed by atoms with van der Waals surface area (Å²) in [6.07, 6.45) is 0.925. The number of hydrogen-bond acceptors (Lipinski definition) is 2. The first-order valence-corrected chi connectivity index (χ1v) is 7.21. The Balaban J connectivity index is 2.05. The number of aromatic nitrogens is 2. The number of benzene rings is 1. The van der Waals surface area contributed by atoms with Crippen LogP contribution in [0.15, 0.2) is 24.3 Å². The molecule has 1 aromatic carbocycles. The van der Waals surface area contributed by atoms with Crippen molar-refractivity contribution in [2.24, 2.45) is 0 Å². The molecule has 114 valence electrons. The van der Waals surface area contributed by atoms with Gasteiger partial charge >= 0.3 is 0 Å². The molecule has 1 N–H and O–H groups in total. The zero-order valence-electron chi connectivity index (χ0n) is 12.3. The molecule has 0 spiro atoms. The predicted molar refractivity (Wildman–Crippen MR) is 77.1 cm³/mol. The highest BCUT2D eigenvalue weighted by atomic mass is 19.2. The normalized spacial score (nSPS) is 12.6. The Labute approximate surface area is 123 Å². The van der Waals surface area contributed by atoms with Crippen LogP contribution in [-0.2, 0) is 25.8 Å². The summed E-state index contributed by atoms with van der Waals surface area (Å²) in [5.74, 6) is -1.75. The smallest absolute Gasteiger partial charge is 0.159 e. The average molecular weight is 294 g/mol. The fraction of sp³-hybridized carbons (Fsp3) is 0.438. The lowest BCUT2D eigenvalue weighted by Crippen LogP contribution is -2.17. The minimum atomic E-state index is -0.883. The number of nitrogens with zero attached hydrogens (tertiary/aromatic N) is 2. The van der Waals surface area contributed by atoms with E-state index in [-0.39, 0.29) is 6.42 Å². The molecule has 5 heteroatoms. The molecule has 0 radical (unpaired) electrons. The SMILES string of the molecule is CCc1cc(CC(O)Cc2ccc(F)c(F)c2)n(CC)n1. The number of rotatable bonds is 6. The molecule has 0 amide bonds. The molecule has 0 aliphatic carbocycles. The van der Waals surface area contributed by atoms with Gasteiger partial charge in [0.2, 0.25) is 0 Å². The maximum absolute atomic E-state index is 13.2. The molecular weight excluding hydrogens is 274 g/mol. The van der Waals surface area contributed by atoms with Crippen molar-refractivity contribution in [3.8, 4) is 0 Å². The van der Waals surface area contributed by atoms with Gasteiger partial charge in [0.05, 0.1) is 11.8 Å². The summed E-state index contributed by atoms with van der Waals surface area (Å²) in [5.41, 5.74) is 2.54. The number of aliphatic hydroxyl groups excluding tert-OH is 1. The molecule has 0 aliphatic rings. The molecule has 2 rings (SSSR count). The Morgan fingerprint density at radius 3 is 2.52 bits per heavy atom. The van der Waals surface area contributed by atoms with Crippen LogP contribution >= 0.6 is 0 Å². The number of hydrogen-bond donors (Lipinski definition) is 1. The first-order valence-electron chi connectivity index (χ1n) is 7.21. The number of halogens is 2. The van der Waals surface area contributed by atoms with Gasteiger partial charge in [-0.3, -0.25) is 4.68 Å². The van der Waals surface area contributed by atoms with E-state index in [4.69, 9.17) is 0 Å². The van der Waals surface area contributed by atoms with Gasteiger partial charge in [0.15, 0.2) is 11.6 Å². The summed E-state index contributed by atoms with van der Waals surface area (Å²) in [5, 5.41) is 14.6. The van der Waals surface area contributed by atoms with Gasteiger partial charge in [-0.05, 0) is 43.5 Å². The van der Waals surface area contributed by atoms with Gasteiger partial charge in [-0.25, -0.2) is 8.78 Å². The molecule has 1 aromatic heterocycles. The van der Waals surface area contributed by atoms with Crippen LogP contribution in [0.25, 0.3) is 0 Å². The molecule has 1 atom stereocenters. The highest BCUT2D eigenvalue weighted by molar-refractivity contribution is 5.19. The Morgan fingerprint density at radius 2 is 1.90 bits per heavy atom. The Morgan fingerprint density at radius 1 is 1.14 bits per heavy atom. The van der Waals surface area contributed by atoms with Crippen molar-refractivity contribution in [3.63, 3.8) is 0 Å². The van der Waals surface area contributed by atoms with E-state index in [1.54, 1.807) is 0 Å². The lowest BCUT2D eigenvalue weighted by Gasteiger charge is -2.12. The van der Waals surface area contributed by atoms with Gasteiger partial charge < -0.3 is 5.11 Å².